The van der Waals surface area contributed by atoms with E-state index in [2.05, 4.69) is 19.2 Å². The fourth-order valence-electron chi connectivity index (χ4n) is 5.29. The lowest BCUT2D eigenvalue weighted by Gasteiger charge is -2.61. The topological polar surface area (TPSA) is 134 Å². The summed E-state index contributed by atoms with van der Waals surface area (Å²) in [6.45, 7) is 7.85. The minimum absolute atomic E-state index is 0.0816. The van der Waals surface area contributed by atoms with Crippen LogP contribution in [-0.2, 0) is 35.2 Å². The third-order valence-corrected chi connectivity index (χ3v) is 7.55. The minimum atomic E-state index is -2.44. The summed E-state index contributed by atoms with van der Waals surface area (Å²) in [6, 6.07) is 8.85. The largest absolute Gasteiger partial charge is 0.464 e. The molecule has 9 heteroatoms. The standard InChI is InChI=1S/C25H34N2O7/c1-5-32-22(30)25(21(26)29,27-23(31)33-14-16-9-7-6-8-10-16)13-20(28)34-19-12-17-11-18(15(19)2)24(17,3)4/h6-10,15,17-19H,5,11-14H2,1-4H3,(H2,26,29)(H,27,31)/t15-,17+,18?,19-,25?/m0/s1. The molecule has 1 aromatic rings. The molecule has 1 aromatic carbocycles. The van der Waals surface area contributed by atoms with Gasteiger partial charge in [-0.05, 0) is 48.5 Å². The molecular weight excluding hydrogens is 440 g/mol. The molecule has 9 nitrogen and oxygen atoms in total. The molecule has 0 aliphatic heterocycles. The number of hydrogen-bond donors (Lipinski definition) is 2. The molecule has 3 fully saturated rings. The van der Waals surface area contributed by atoms with Crippen molar-refractivity contribution in [1.82, 2.24) is 5.32 Å². The molecular formula is C25H34N2O7. The molecule has 2 unspecified atom stereocenters. The zero-order chi connectivity index (χ0) is 25.1. The fraction of sp³-hybridized carbons (Fsp3) is 0.600. The Kier molecular flexibility index (Phi) is 7.53. The third-order valence-electron chi connectivity index (χ3n) is 7.55. The van der Waals surface area contributed by atoms with Gasteiger partial charge in [-0.15, -0.1) is 0 Å². The first-order valence-corrected chi connectivity index (χ1v) is 11.7. The van der Waals surface area contributed by atoms with Gasteiger partial charge in [0.25, 0.3) is 5.91 Å². The van der Waals surface area contributed by atoms with Crippen molar-refractivity contribution in [2.24, 2.45) is 28.9 Å². The van der Waals surface area contributed by atoms with Gasteiger partial charge in [-0.25, -0.2) is 9.59 Å². The highest BCUT2D eigenvalue weighted by molar-refractivity contribution is 6.11. The van der Waals surface area contributed by atoms with Gasteiger partial charge >= 0.3 is 18.0 Å². The maximum Gasteiger partial charge on any atom is 0.408 e. The van der Waals surface area contributed by atoms with Crippen LogP contribution in [0.5, 0.6) is 0 Å². The highest BCUT2D eigenvalue weighted by atomic mass is 16.6. The number of carbonyl (C=O) groups is 4. The average Bonchev–Trinajstić information content (AvgIpc) is 2.78. The second-order valence-corrected chi connectivity index (χ2v) is 9.84. The predicted octanol–water partition coefficient (Wildman–Crippen LogP) is 2.70. The lowest BCUT2D eigenvalue weighted by Crippen LogP contribution is -2.64. The molecule has 3 N–H and O–H groups in total. The van der Waals surface area contributed by atoms with Gasteiger partial charge < -0.3 is 19.9 Å². The number of amides is 2. The van der Waals surface area contributed by atoms with Gasteiger partial charge in [-0.3, -0.25) is 14.9 Å². The van der Waals surface area contributed by atoms with Crippen LogP contribution in [-0.4, -0.2) is 42.2 Å². The van der Waals surface area contributed by atoms with Crippen molar-refractivity contribution in [1.29, 1.82) is 0 Å². The van der Waals surface area contributed by atoms with E-state index in [1.54, 1.807) is 24.3 Å². The van der Waals surface area contributed by atoms with E-state index in [0.29, 0.717) is 23.8 Å². The summed E-state index contributed by atoms with van der Waals surface area (Å²) in [5, 5.41) is 2.18. The van der Waals surface area contributed by atoms with Gasteiger partial charge in [0.15, 0.2) is 0 Å². The van der Waals surface area contributed by atoms with Gasteiger partial charge in [0.2, 0.25) is 5.54 Å². The van der Waals surface area contributed by atoms with Gasteiger partial charge in [0.1, 0.15) is 12.7 Å². The van der Waals surface area contributed by atoms with Crippen LogP contribution < -0.4 is 11.1 Å². The van der Waals surface area contributed by atoms with Crippen molar-refractivity contribution >= 4 is 23.9 Å². The second kappa shape index (κ2) is 10.0. The molecule has 0 spiro atoms. The van der Waals surface area contributed by atoms with E-state index < -0.39 is 35.9 Å². The molecule has 4 rings (SSSR count). The Morgan fingerprint density at radius 1 is 1.12 bits per heavy atom. The number of ether oxygens (including phenoxy) is 3. The number of alkyl carbamates (subject to hydrolysis) is 1. The monoisotopic (exact) mass is 474 g/mol. The van der Waals surface area contributed by atoms with E-state index in [9.17, 15) is 19.2 Å². The number of nitrogens with one attached hydrogen (secondary N) is 1. The van der Waals surface area contributed by atoms with Gasteiger partial charge in [0, 0.05) is 0 Å². The molecule has 3 aliphatic rings. The molecule has 2 bridgehead atoms. The summed E-state index contributed by atoms with van der Waals surface area (Å²) < 4.78 is 15.8. The van der Waals surface area contributed by atoms with Crippen LogP contribution in [0.15, 0.2) is 30.3 Å². The summed E-state index contributed by atoms with van der Waals surface area (Å²) in [6.07, 6.45) is -0.389. The summed E-state index contributed by atoms with van der Waals surface area (Å²) in [5.41, 5.74) is 3.97. The molecule has 0 radical (unpaired) electrons. The summed E-state index contributed by atoms with van der Waals surface area (Å²) >= 11 is 0. The molecule has 0 saturated heterocycles. The highest BCUT2D eigenvalue weighted by Crippen LogP contribution is 2.61. The van der Waals surface area contributed by atoms with Crippen LogP contribution in [0.3, 0.4) is 0 Å². The normalized spacial score (nSPS) is 26.2. The van der Waals surface area contributed by atoms with Crippen LogP contribution in [0.2, 0.25) is 0 Å². The summed E-state index contributed by atoms with van der Waals surface area (Å²) in [7, 11) is 0. The number of esters is 2. The Hall–Kier alpha value is -3.10. The third kappa shape index (κ3) is 5.03. The molecule has 3 saturated carbocycles. The zero-order valence-electron chi connectivity index (χ0n) is 20.2. The van der Waals surface area contributed by atoms with Crippen molar-refractivity contribution in [3.8, 4) is 0 Å². The van der Waals surface area contributed by atoms with Crippen LogP contribution in [0, 0.1) is 23.2 Å². The smallest absolute Gasteiger partial charge is 0.408 e. The molecule has 5 atom stereocenters. The fourth-order valence-corrected chi connectivity index (χ4v) is 5.29. The molecule has 3 aliphatic carbocycles. The Morgan fingerprint density at radius 2 is 1.79 bits per heavy atom. The van der Waals surface area contributed by atoms with E-state index in [1.807, 2.05) is 13.0 Å². The van der Waals surface area contributed by atoms with Crippen LogP contribution in [0.1, 0.15) is 52.5 Å². The van der Waals surface area contributed by atoms with Crippen LogP contribution in [0.4, 0.5) is 4.79 Å². The Balaban J connectivity index is 1.70. The summed E-state index contributed by atoms with van der Waals surface area (Å²) in [4.78, 5) is 50.6. The Bertz CT molecular complexity index is 932. The van der Waals surface area contributed by atoms with E-state index >= 15 is 0 Å². The molecule has 34 heavy (non-hydrogen) atoms. The minimum Gasteiger partial charge on any atom is -0.464 e. The van der Waals surface area contributed by atoms with Gasteiger partial charge in [0.05, 0.1) is 13.0 Å². The van der Waals surface area contributed by atoms with Crippen molar-refractivity contribution in [2.45, 2.75) is 65.2 Å². The Morgan fingerprint density at radius 3 is 2.35 bits per heavy atom. The first-order valence-electron chi connectivity index (χ1n) is 11.7. The number of benzene rings is 1. The van der Waals surface area contributed by atoms with Crippen LogP contribution >= 0.6 is 0 Å². The number of carbonyl (C=O) groups excluding carboxylic acids is 4. The predicted molar refractivity (Wildman–Crippen MR) is 122 cm³/mol. The molecule has 186 valence electrons. The SMILES string of the molecule is CCOC(=O)C(CC(=O)O[C@H]1C[C@H]2CC([C@@H]1C)C2(C)C)(NC(=O)OCc1ccccc1)C(N)=O. The van der Waals surface area contributed by atoms with E-state index in [4.69, 9.17) is 19.9 Å². The quantitative estimate of drug-likeness (QED) is 0.319. The van der Waals surface area contributed by atoms with Crippen molar-refractivity contribution in [3.05, 3.63) is 35.9 Å². The average molecular weight is 475 g/mol. The van der Waals surface area contributed by atoms with Gasteiger partial charge in [-0.2, -0.15) is 0 Å². The molecule has 0 aromatic heterocycles. The van der Waals surface area contributed by atoms with Crippen LogP contribution in [0.25, 0.3) is 0 Å². The first kappa shape index (κ1) is 25.5. The van der Waals surface area contributed by atoms with Crippen molar-refractivity contribution < 1.29 is 33.4 Å². The summed E-state index contributed by atoms with van der Waals surface area (Å²) in [5.74, 6) is -2.17. The lowest BCUT2D eigenvalue weighted by atomic mass is 9.45. The number of rotatable bonds is 9. The highest BCUT2D eigenvalue weighted by Gasteiger charge is 2.58. The second-order valence-electron chi connectivity index (χ2n) is 9.84. The first-order chi connectivity index (χ1) is 16.0. The van der Waals surface area contributed by atoms with Gasteiger partial charge in [-0.1, -0.05) is 51.1 Å². The van der Waals surface area contributed by atoms with E-state index in [1.165, 1.54) is 6.92 Å². The van der Waals surface area contributed by atoms with Crippen molar-refractivity contribution in [2.75, 3.05) is 6.61 Å². The van der Waals surface area contributed by atoms with E-state index in [0.717, 1.165) is 6.42 Å². The number of primary amides is 1. The molecule has 2 amide bonds. The maximum absolute atomic E-state index is 12.9. The number of hydrogen-bond acceptors (Lipinski definition) is 7. The van der Waals surface area contributed by atoms with Crippen molar-refractivity contribution in [3.63, 3.8) is 0 Å². The Labute approximate surface area is 199 Å². The van der Waals surface area contributed by atoms with E-state index in [-0.39, 0.29) is 30.7 Å². The number of nitrogens with two attached hydrogens (primary N) is 1. The molecule has 0 heterocycles. The number of fused-ring (bicyclic) bond motifs is 2. The zero-order valence-corrected chi connectivity index (χ0v) is 20.2. The maximum atomic E-state index is 12.9. The lowest BCUT2D eigenvalue weighted by molar-refractivity contribution is -0.188.